The van der Waals surface area contributed by atoms with Crippen LogP contribution in [0.25, 0.3) is 0 Å². The Hall–Kier alpha value is -2.02. The van der Waals surface area contributed by atoms with Crippen molar-refractivity contribution in [3.8, 4) is 6.07 Å². The summed E-state index contributed by atoms with van der Waals surface area (Å²) in [6.45, 7) is 1.70. The Balaban J connectivity index is 3.10. The molecule has 1 aromatic carbocycles. The zero-order chi connectivity index (χ0) is 9.84. The van der Waals surface area contributed by atoms with E-state index in [2.05, 4.69) is 5.32 Å². The lowest BCUT2D eigenvalue weighted by atomic mass is 10.1. The van der Waals surface area contributed by atoms with Crippen LogP contribution in [0, 0.1) is 18.3 Å². The van der Waals surface area contributed by atoms with Crippen LogP contribution < -0.4 is 5.32 Å². The third kappa shape index (κ3) is 1.97. The maximum atomic E-state index is 10.3. The summed E-state index contributed by atoms with van der Waals surface area (Å²) in [5.41, 5.74) is 1.57. The van der Waals surface area contributed by atoms with Gasteiger partial charge in [0, 0.05) is 5.69 Å². The average Bonchev–Trinajstić information content (AvgIpc) is 2.08. The van der Waals surface area contributed by atoms with Crippen LogP contribution in [0.3, 0.4) is 0 Å². The molecule has 0 bridgehead atoms. The van der Waals surface area contributed by atoms with Gasteiger partial charge in [0.1, 0.15) is 0 Å². The molecule has 4 heteroatoms. The number of nitriles is 1. The second kappa shape index (κ2) is 3.59. The number of hydrogen-bond acceptors (Lipinski definition) is 2. The van der Waals surface area contributed by atoms with Crippen LogP contribution >= 0.6 is 0 Å². The van der Waals surface area contributed by atoms with Gasteiger partial charge in [-0.15, -0.1) is 0 Å². The fourth-order valence-electron chi connectivity index (χ4n) is 1.01. The van der Waals surface area contributed by atoms with Crippen LogP contribution in [-0.2, 0) is 0 Å². The molecule has 0 saturated carbocycles. The molecular formula is C9H8N2O2. The van der Waals surface area contributed by atoms with Gasteiger partial charge in [-0.1, -0.05) is 6.07 Å². The minimum absolute atomic E-state index is 0.451. The van der Waals surface area contributed by atoms with Crippen molar-refractivity contribution in [1.29, 1.82) is 5.26 Å². The highest BCUT2D eigenvalue weighted by molar-refractivity contribution is 5.84. The molecule has 4 nitrogen and oxygen atoms in total. The average molecular weight is 176 g/mol. The smallest absolute Gasteiger partial charge is 0.409 e. The topological polar surface area (TPSA) is 73.1 Å². The van der Waals surface area contributed by atoms with Crippen molar-refractivity contribution in [3.05, 3.63) is 29.3 Å². The van der Waals surface area contributed by atoms with Crippen molar-refractivity contribution in [3.63, 3.8) is 0 Å². The molecule has 2 N–H and O–H groups in total. The van der Waals surface area contributed by atoms with Crippen LogP contribution in [0.4, 0.5) is 10.5 Å². The standard InChI is InChI=1S/C9H8N2O2/c1-6-7(5-10)3-2-4-8(6)11-9(12)13/h2-4,11H,1H3,(H,12,13). The van der Waals surface area contributed by atoms with Gasteiger partial charge in [-0.3, -0.25) is 5.32 Å². The van der Waals surface area contributed by atoms with E-state index in [1.165, 1.54) is 0 Å². The van der Waals surface area contributed by atoms with Gasteiger partial charge in [0.25, 0.3) is 0 Å². The third-order valence-electron chi connectivity index (χ3n) is 1.70. The zero-order valence-electron chi connectivity index (χ0n) is 7.03. The lowest BCUT2D eigenvalue weighted by Crippen LogP contribution is -2.08. The molecule has 0 aliphatic heterocycles. The molecule has 0 heterocycles. The van der Waals surface area contributed by atoms with E-state index in [1.54, 1.807) is 25.1 Å². The van der Waals surface area contributed by atoms with E-state index in [9.17, 15) is 4.79 Å². The quantitative estimate of drug-likeness (QED) is 0.686. The molecule has 1 rings (SSSR count). The molecule has 0 fully saturated rings. The molecule has 66 valence electrons. The molecule has 0 saturated heterocycles. The minimum Gasteiger partial charge on any atom is -0.465 e. The number of carboxylic acid groups (broad SMARTS) is 1. The maximum absolute atomic E-state index is 10.3. The molecule has 0 aliphatic carbocycles. The van der Waals surface area contributed by atoms with Gasteiger partial charge in [0.2, 0.25) is 0 Å². The summed E-state index contributed by atoms with van der Waals surface area (Å²) in [6.07, 6.45) is -1.13. The van der Waals surface area contributed by atoms with Crippen molar-refractivity contribution >= 4 is 11.8 Å². The van der Waals surface area contributed by atoms with Crippen molar-refractivity contribution < 1.29 is 9.90 Å². The summed E-state index contributed by atoms with van der Waals surface area (Å²) in [5, 5.41) is 19.3. The van der Waals surface area contributed by atoms with Crippen molar-refractivity contribution in [2.45, 2.75) is 6.92 Å². The van der Waals surface area contributed by atoms with Gasteiger partial charge in [-0.25, -0.2) is 4.79 Å². The predicted octanol–water partition coefficient (Wildman–Crippen LogP) is 1.96. The first kappa shape index (κ1) is 9.07. The second-order valence-electron chi connectivity index (χ2n) is 2.52. The van der Waals surface area contributed by atoms with E-state index >= 15 is 0 Å². The summed E-state index contributed by atoms with van der Waals surface area (Å²) in [6, 6.07) is 6.87. The Morgan fingerprint density at radius 1 is 1.62 bits per heavy atom. The Bertz CT molecular complexity index is 380. The highest BCUT2D eigenvalue weighted by Crippen LogP contribution is 2.17. The first-order valence-electron chi connectivity index (χ1n) is 3.65. The molecule has 0 aliphatic rings. The van der Waals surface area contributed by atoms with Crippen molar-refractivity contribution in [1.82, 2.24) is 0 Å². The van der Waals surface area contributed by atoms with Crippen molar-refractivity contribution in [2.24, 2.45) is 0 Å². The lowest BCUT2D eigenvalue weighted by Gasteiger charge is -2.05. The van der Waals surface area contributed by atoms with Gasteiger partial charge >= 0.3 is 6.09 Å². The number of rotatable bonds is 1. The Morgan fingerprint density at radius 2 is 2.31 bits per heavy atom. The molecule has 1 amide bonds. The van der Waals surface area contributed by atoms with Gasteiger partial charge in [-0.2, -0.15) is 5.26 Å². The number of benzene rings is 1. The number of carbonyl (C=O) groups is 1. The largest absolute Gasteiger partial charge is 0.465 e. The number of amides is 1. The van der Waals surface area contributed by atoms with E-state index < -0.39 is 6.09 Å². The maximum Gasteiger partial charge on any atom is 0.409 e. The first-order chi connectivity index (χ1) is 6.15. The van der Waals surface area contributed by atoms with E-state index in [1.807, 2.05) is 6.07 Å². The molecule has 0 aromatic heterocycles. The lowest BCUT2D eigenvalue weighted by molar-refractivity contribution is 0.209. The summed E-state index contributed by atoms with van der Waals surface area (Å²) >= 11 is 0. The number of nitrogens with one attached hydrogen (secondary N) is 1. The monoisotopic (exact) mass is 176 g/mol. The van der Waals surface area contributed by atoms with Gasteiger partial charge in [0.15, 0.2) is 0 Å². The molecule has 13 heavy (non-hydrogen) atoms. The van der Waals surface area contributed by atoms with E-state index in [-0.39, 0.29) is 0 Å². The highest BCUT2D eigenvalue weighted by atomic mass is 16.4. The number of anilines is 1. The molecule has 0 radical (unpaired) electrons. The van der Waals surface area contributed by atoms with E-state index in [0.717, 1.165) is 0 Å². The first-order valence-corrected chi connectivity index (χ1v) is 3.65. The molecular weight excluding hydrogens is 168 g/mol. The highest BCUT2D eigenvalue weighted by Gasteiger charge is 2.04. The van der Waals surface area contributed by atoms with Gasteiger partial charge < -0.3 is 5.11 Å². The third-order valence-corrected chi connectivity index (χ3v) is 1.70. The number of hydrogen-bond donors (Lipinski definition) is 2. The van der Waals surface area contributed by atoms with Gasteiger partial charge in [-0.05, 0) is 24.6 Å². The molecule has 0 spiro atoms. The van der Waals surface area contributed by atoms with E-state index in [0.29, 0.717) is 16.8 Å². The van der Waals surface area contributed by atoms with Gasteiger partial charge in [0.05, 0.1) is 11.6 Å². The Kier molecular flexibility index (Phi) is 2.50. The van der Waals surface area contributed by atoms with Crippen LogP contribution in [0.2, 0.25) is 0 Å². The zero-order valence-corrected chi connectivity index (χ0v) is 7.03. The molecule has 1 aromatic rings. The minimum atomic E-state index is -1.13. The number of nitrogens with zero attached hydrogens (tertiary/aromatic N) is 1. The van der Waals surface area contributed by atoms with Crippen LogP contribution in [-0.4, -0.2) is 11.2 Å². The predicted molar refractivity (Wildman–Crippen MR) is 47.5 cm³/mol. The fourth-order valence-corrected chi connectivity index (χ4v) is 1.01. The van der Waals surface area contributed by atoms with E-state index in [4.69, 9.17) is 10.4 Å². The summed E-state index contributed by atoms with van der Waals surface area (Å²) in [7, 11) is 0. The fraction of sp³-hybridized carbons (Fsp3) is 0.111. The SMILES string of the molecule is Cc1c(C#N)cccc1NC(=O)O. The van der Waals surface area contributed by atoms with Crippen LogP contribution in [0.1, 0.15) is 11.1 Å². The Morgan fingerprint density at radius 3 is 2.85 bits per heavy atom. The van der Waals surface area contributed by atoms with Crippen LogP contribution in [0.5, 0.6) is 0 Å². The molecule has 0 unspecified atom stereocenters. The normalized spacial score (nSPS) is 8.92. The summed E-state index contributed by atoms with van der Waals surface area (Å²) in [5.74, 6) is 0. The summed E-state index contributed by atoms with van der Waals surface area (Å²) < 4.78 is 0. The molecule has 0 atom stereocenters. The van der Waals surface area contributed by atoms with Crippen LogP contribution in [0.15, 0.2) is 18.2 Å². The summed E-state index contributed by atoms with van der Waals surface area (Å²) in [4.78, 5) is 10.3. The Labute approximate surface area is 75.4 Å². The van der Waals surface area contributed by atoms with Crippen molar-refractivity contribution in [2.75, 3.05) is 5.32 Å². The second-order valence-corrected chi connectivity index (χ2v) is 2.52.